The van der Waals surface area contributed by atoms with Gasteiger partial charge in [0, 0.05) is 17.2 Å². The zero-order chi connectivity index (χ0) is 9.38. The molecule has 14 heavy (non-hydrogen) atoms. The Kier molecular flexibility index (Phi) is 2.32. The third-order valence-electron chi connectivity index (χ3n) is 3.49. The van der Waals surface area contributed by atoms with Gasteiger partial charge in [-0.3, -0.25) is 0 Å². The summed E-state index contributed by atoms with van der Waals surface area (Å²) in [5, 5.41) is 3.74. The van der Waals surface area contributed by atoms with E-state index < -0.39 is 0 Å². The maximum absolute atomic E-state index is 4.81. The number of aromatic nitrogens is 1. The lowest BCUT2D eigenvalue weighted by Crippen LogP contribution is -2.04. The van der Waals surface area contributed by atoms with Crippen LogP contribution in [0.4, 0.5) is 0 Å². The average molecular weight is 207 g/mol. The summed E-state index contributed by atoms with van der Waals surface area (Å²) < 4.78 is 0. The molecule has 2 aliphatic carbocycles. The van der Waals surface area contributed by atoms with Gasteiger partial charge < -0.3 is 0 Å². The van der Waals surface area contributed by atoms with Crippen LogP contribution < -0.4 is 0 Å². The lowest BCUT2D eigenvalue weighted by atomic mass is 9.87. The Bertz CT molecular complexity index is 308. The third-order valence-corrected chi connectivity index (χ3v) is 4.52. The van der Waals surface area contributed by atoms with Crippen molar-refractivity contribution in [2.24, 2.45) is 0 Å². The van der Waals surface area contributed by atoms with Crippen LogP contribution in [0.1, 0.15) is 67.5 Å². The van der Waals surface area contributed by atoms with Gasteiger partial charge in [0.15, 0.2) is 0 Å². The molecule has 1 aromatic rings. The van der Waals surface area contributed by atoms with Crippen LogP contribution in [0.25, 0.3) is 0 Å². The Morgan fingerprint density at radius 1 is 1.00 bits per heavy atom. The van der Waals surface area contributed by atoms with E-state index in [9.17, 15) is 0 Å². The number of hydrogen-bond donors (Lipinski definition) is 0. The molecule has 0 saturated heterocycles. The van der Waals surface area contributed by atoms with E-state index in [0.29, 0.717) is 0 Å². The van der Waals surface area contributed by atoms with Crippen molar-refractivity contribution in [3.63, 3.8) is 0 Å². The molecular formula is C12H17NS. The van der Waals surface area contributed by atoms with Crippen LogP contribution in [0.5, 0.6) is 0 Å². The Morgan fingerprint density at radius 3 is 2.50 bits per heavy atom. The second-order valence-electron chi connectivity index (χ2n) is 4.72. The lowest BCUT2D eigenvalue weighted by Gasteiger charge is -2.19. The Balaban J connectivity index is 1.74. The van der Waals surface area contributed by atoms with Gasteiger partial charge in [-0.25, -0.2) is 4.98 Å². The lowest BCUT2D eigenvalue weighted by molar-refractivity contribution is 0.437. The van der Waals surface area contributed by atoms with E-state index >= 15 is 0 Å². The maximum atomic E-state index is 4.81. The largest absolute Gasteiger partial charge is 0.246 e. The standard InChI is InChI=1S/C12H17NS/c1-2-4-9(5-3-1)11-8-14-12(13-11)10-6-7-10/h8-10H,1-7H2. The fourth-order valence-electron chi connectivity index (χ4n) is 2.40. The summed E-state index contributed by atoms with van der Waals surface area (Å²) in [6, 6.07) is 0. The second kappa shape index (κ2) is 3.65. The van der Waals surface area contributed by atoms with Crippen LogP contribution in [0, 0.1) is 0 Å². The highest BCUT2D eigenvalue weighted by molar-refractivity contribution is 7.09. The smallest absolute Gasteiger partial charge is 0.0959 e. The molecule has 76 valence electrons. The van der Waals surface area contributed by atoms with E-state index in [1.165, 1.54) is 55.6 Å². The maximum Gasteiger partial charge on any atom is 0.0959 e. The molecular weight excluding hydrogens is 190 g/mol. The van der Waals surface area contributed by atoms with Crippen molar-refractivity contribution in [3.05, 3.63) is 16.1 Å². The Labute approximate surface area is 89.6 Å². The summed E-state index contributed by atoms with van der Waals surface area (Å²) in [5.74, 6) is 1.64. The van der Waals surface area contributed by atoms with Crippen LogP contribution in [0.3, 0.4) is 0 Å². The summed E-state index contributed by atoms with van der Waals surface area (Å²) in [6.07, 6.45) is 9.81. The highest BCUT2D eigenvalue weighted by Crippen LogP contribution is 2.43. The Hall–Kier alpha value is -0.370. The van der Waals surface area contributed by atoms with E-state index in [-0.39, 0.29) is 0 Å². The minimum absolute atomic E-state index is 0.799. The molecule has 0 N–H and O–H groups in total. The van der Waals surface area contributed by atoms with E-state index in [4.69, 9.17) is 4.98 Å². The quantitative estimate of drug-likeness (QED) is 0.712. The van der Waals surface area contributed by atoms with E-state index in [0.717, 1.165) is 11.8 Å². The second-order valence-corrected chi connectivity index (χ2v) is 5.61. The molecule has 0 unspecified atom stereocenters. The van der Waals surface area contributed by atoms with Gasteiger partial charge in [0.2, 0.25) is 0 Å². The Morgan fingerprint density at radius 2 is 1.79 bits per heavy atom. The monoisotopic (exact) mass is 207 g/mol. The normalized spacial score (nSPS) is 24.0. The van der Waals surface area contributed by atoms with Crippen molar-refractivity contribution in [1.82, 2.24) is 4.98 Å². The highest BCUT2D eigenvalue weighted by atomic mass is 32.1. The van der Waals surface area contributed by atoms with E-state index in [1.807, 2.05) is 11.3 Å². The predicted octanol–water partition coefficient (Wildman–Crippen LogP) is 4.07. The summed E-state index contributed by atoms with van der Waals surface area (Å²) >= 11 is 1.90. The SMILES string of the molecule is c1sc(C2CC2)nc1C1CCCCC1. The minimum atomic E-state index is 0.799. The third kappa shape index (κ3) is 1.72. The molecule has 0 spiro atoms. The van der Waals surface area contributed by atoms with Gasteiger partial charge in [0.1, 0.15) is 0 Å². The van der Waals surface area contributed by atoms with Crippen molar-refractivity contribution in [3.8, 4) is 0 Å². The van der Waals surface area contributed by atoms with Crippen molar-refractivity contribution in [2.75, 3.05) is 0 Å². The minimum Gasteiger partial charge on any atom is -0.246 e. The molecule has 0 aromatic carbocycles. The first-order valence-corrected chi connectivity index (χ1v) is 6.77. The van der Waals surface area contributed by atoms with Crippen molar-refractivity contribution in [2.45, 2.75) is 56.8 Å². The molecule has 0 atom stereocenters. The highest BCUT2D eigenvalue weighted by Gasteiger charge is 2.28. The zero-order valence-corrected chi connectivity index (χ0v) is 9.35. The number of rotatable bonds is 2. The topological polar surface area (TPSA) is 12.9 Å². The number of nitrogens with zero attached hydrogens (tertiary/aromatic N) is 1. The van der Waals surface area contributed by atoms with Crippen LogP contribution in [-0.4, -0.2) is 4.98 Å². The van der Waals surface area contributed by atoms with E-state index in [1.54, 1.807) is 0 Å². The number of hydrogen-bond acceptors (Lipinski definition) is 2. The first kappa shape index (κ1) is 8.90. The first-order chi connectivity index (χ1) is 6.93. The van der Waals surface area contributed by atoms with Gasteiger partial charge in [-0.05, 0) is 25.7 Å². The average Bonchev–Trinajstić information content (AvgIpc) is 2.98. The summed E-state index contributed by atoms with van der Waals surface area (Å²) in [7, 11) is 0. The van der Waals surface area contributed by atoms with Crippen molar-refractivity contribution >= 4 is 11.3 Å². The molecule has 0 bridgehead atoms. The van der Waals surface area contributed by atoms with Gasteiger partial charge in [-0.15, -0.1) is 11.3 Å². The number of thiazole rings is 1. The summed E-state index contributed by atoms with van der Waals surface area (Å²) in [5.41, 5.74) is 1.41. The van der Waals surface area contributed by atoms with Gasteiger partial charge >= 0.3 is 0 Å². The summed E-state index contributed by atoms with van der Waals surface area (Å²) in [4.78, 5) is 4.81. The van der Waals surface area contributed by atoms with E-state index in [2.05, 4.69) is 5.38 Å². The van der Waals surface area contributed by atoms with Crippen molar-refractivity contribution < 1.29 is 0 Å². The molecule has 1 heterocycles. The van der Waals surface area contributed by atoms with Crippen LogP contribution in [0.15, 0.2) is 5.38 Å². The molecule has 2 saturated carbocycles. The van der Waals surface area contributed by atoms with Crippen molar-refractivity contribution in [1.29, 1.82) is 0 Å². The molecule has 1 nitrogen and oxygen atoms in total. The first-order valence-electron chi connectivity index (χ1n) is 5.89. The van der Waals surface area contributed by atoms with Gasteiger partial charge in [-0.1, -0.05) is 19.3 Å². The predicted molar refractivity (Wildman–Crippen MR) is 59.9 cm³/mol. The fourth-order valence-corrected chi connectivity index (χ4v) is 3.48. The molecule has 2 aliphatic rings. The molecule has 2 fully saturated rings. The molecule has 0 radical (unpaired) electrons. The molecule has 2 heteroatoms. The van der Waals surface area contributed by atoms with Gasteiger partial charge in [0.05, 0.1) is 10.7 Å². The van der Waals surface area contributed by atoms with Crippen LogP contribution >= 0.6 is 11.3 Å². The van der Waals surface area contributed by atoms with Crippen LogP contribution in [0.2, 0.25) is 0 Å². The molecule has 0 amide bonds. The molecule has 1 aromatic heterocycles. The summed E-state index contributed by atoms with van der Waals surface area (Å²) in [6.45, 7) is 0. The fraction of sp³-hybridized carbons (Fsp3) is 0.750. The molecule has 3 rings (SSSR count). The van der Waals surface area contributed by atoms with Gasteiger partial charge in [0.25, 0.3) is 0 Å². The van der Waals surface area contributed by atoms with Crippen LogP contribution in [-0.2, 0) is 0 Å². The zero-order valence-electron chi connectivity index (χ0n) is 8.54. The van der Waals surface area contributed by atoms with Gasteiger partial charge in [-0.2, -0.15) is 0 Å². The molecule has 0 aliphatic heterocycles.